The largest absolute Gasteiger partial charge is 0.381 e. The molecule has 3 nitrogen and oxygen atoms in total. The predicted molar refractivity (Wildman–Crippen MR) is 86.4 cm³/mol. The second-order valence-corrected chi connectivity index (χ2v) is 5.87. The first-order valence-electron chi connectivity index (χ1n) is 7.87. The zero-order valence-corrected chi connectivity index (χ0v) is 12.9. The molecule has 120 valence electrons. The summed E-state index contributed by atoms with van der Waals surface area (Å²) in [6, 6.07) is 16.1. The van der Waals surface area contributed by atoms with Crippen LogP contribution >= 0.6 is 0 Å². The van der Waals surface area contributed by atoms with Gasteiger partial charge in [0.05, 0.1) is 5.41 Å². The molecule has 2 aromatic rings. The van der Waals surface area contributed by atoms with Crippen LogP contribution in [0.1, 0.15) is 24.0 Å². The molecule has 23 heavy (non-hydrogen) atoms. The summed E-state index contributed by atoms with van der Waals surface area (Å²) in [7, 11) is 0. The lowest BCUT2D eigenvalue weighted by atomic mass is 9.73. The Kier molecular flexibility index (Phi) is 4.72. The Balaban J connectivity index is 1.78. The Bertz CT molecular complexity index is 666. The highest BCUT2D eigenvalue weighted by Crippen LogP contribution is 2.35. The number of amides is 1. The van der Waals surface area contributed by atoms with Gasteiger partial charge in [0.1, 0.15) is 5.82 Å². The molecule has 0 radical (unpaired) electrons. The predicted octanol–water partition coefficient (Wildman–Crippen LogP) is 3.19. The number of carbonyl (C=O) groups excluding carboxylic acids is 1. The average molecular weight is 313 g/mol. The minimum absolute atomic E-state index is 0.0174. The summed E-state index contributed by atoms with van der Waals surface area (Å²) in [4.78, 5) is 12.9. The van der Waals surface area contributed by atoms with Crippen LogP contribution < -0.4 is 5.32 Å². The van der Waals surface area contributed by atoms with Crippen LogP contribution in [0.2, 0.25) is 0 Å². The Hall–Kier alpha value is -2.20. The quantitative estimate of drug-likeness (QED) is 0.941. The van der Waals surface area contributed by atoms with Crippen LogP contribution in [0.3, 0.4) is 0 Å². The third-order valence-electron chi connectivity index (χ3n) is 4.45. The first-order chi connectivity index (χ1) is 11.2. The molecule has 0 bridgehead atoms. The molecule has 1 aliphatic heterocycles. The van der Waals surface area contributed by atoms with Gasteiger partial charge in [0.25, 0.3) is 0 Å². The van der Waals surface area contributed by atoms with Crippen LogP contribution in [0.4, 0.5) is 4.39 Å². The van der Waals surface area contributed by atoms with Crippen molar-refractivity contribution in [2.75, 3.05) is 13.2 Å². The second-order valence-electron chi connectivity index (χ2n) is 5.87. The number of halogens is 1. The second kappa shape index (κ2) is 6.92. The smallest absolute Gasteiger partial charge is 0.231 e. The van der Waals surface area contributed by atoms with E-state index in [9.17, 15) is 9.18 Å². The summed E-state index contributed by atoms with van der Waals surface area (Å²) in [6.07, 6.45) is 1.32. The molecule has 0 atom stereocenters. The molecule has 0 spiro atoms. The van der Waals surface area contributed by atoms with Crippen LogP contribution in [0.5, 0.6) is 0 Å². The summed E-state index contributed by atoms with van der Waals surface area (Å²) in [5.41, 5.74) is 1.21. The monoisotopic (exact) mass is 313 g/mol. The van der Waals surface area contributed by atoms with Crippen molar-refractivity contribution in [3.05, 3.63) is 71.5 Å². The molecular formula is C19H20FNO2. The Labute approximate surface area is 135 Å². The van der Waals surface area contributed by atoms with Crippen molar-refractivity contribution in [3.8, 4) is 0 Å². The molecule has 1 N–H and O–H groups in total. The van der Waals surface area contributed by atoms with Crippen LogP contribution in [0.15, 0.2) is 54.6 Å². The molecule has 1 saturated heterocycles. The van der Waals surface area contributed by atoms with E-state index < -0.39 is 5.41 Å². The van der Waals surface area contributed by atoms with E-state index >= 15 is 0 Å². The van der Waals surface area contributed by atoms with Crippen molar-refractivity contribution in [1.82, 2.24) is 5.32 Å². The zero-order valence-electron chi connectivity index (χ0n) is 12.9. The number of rotatable bonds is 4. The SMILES string of the molecule is O=C(NCc1cccc(F)c1)C1(c2ccccc2)CCOCC1. The number of nitrogens with one attached hydrogen (secondary N) is 1. The van der Waals surface area contributed by atoms with Crippen molar-refractivity contribution in [1.29, 1.82) is 0 Å². The molecule has 0 saturated carbocycles. The van der Waals surface area contributed by atoms with Crippen molar-refractivity contribution >= 4 is 5.91 Å². The summed E-state index contributed by atoms with van der Waals surface area (Å²) in [5.74, 6) is -0.308. The van der Waals surface area contributed by atoms with Gasteiger partial charge in [-0.1, -0.05) is 42.5 Å². The number of benzene rings is 2. The topological polar surface area (TPSA) is 38.3 Å². The van der Waals surface area contributed by atoms with E-state index in [-0.39, 0.29) is 11.7 Å². The number of hydrogen-bond donors (Lipinski definition) is 1. The highest BCUT2D eigenvalue weighted by molar-refractivity contribution is 5.88. The Morgan fingerprint density at radius 3 is 2.52 bits per heavy atom. The van der Waals surface area contributed by atoms with Gasteiger partial charge >= 0.3 is 0 Å². The lowest BCUT2D eigenvalue weighted by molar-refractivity contribution is -0.130. The van der Waals surface area contributed by atoms with E-state index in [0.29, 0.717) is 32.6 Å². The van der Waals surface area contributed by atoms with E-state index in [4.69, 9.17) is 4.74 Å². The van der Waals surface area contributed by atoms with Gasteiger partial charge in [-0.25, -0.2) is 4.39 Å². The highest BCUT2D eigenvalue weighted by Gasteiger charge is 2.41. The number of carbonyl (C=O) groups is 1. The van der Waals surface area contributed by atoms with E-state index in [2.05, 4.69) is 5.32 Å². The number of hydrogen-bond acceptors (Lipinski definition) is 2. The van der Waals surface area contributed by atoms with Crippen molar-refractivity contribution in [3.63, 3.8) is 0 Å². The van der Waals surface area contributed by atoms with Gasteiger partial charge in [0.15, 0.2) is 0 Å². The van der Waals surface area contributed by atoms with Gasteiger partial charge in [-0.05, 0) is 36.1 Å². The first-order valence-corrected chi connectivity index (χ1v) is 7.87. The fourth-order valence-corrected chi connectivity index (χ4v) is 3.12. The molecule has 4 heteroatoms. The van der Waals surface area contributed by atoms with Crippen LogP contribution in [0.25, 0.3) is 0 Å². The molecule has 1 heterocycles. The summed E-state index contributed by atoms with van der Waals surface area (Å²) >= 11 is 0. The minimum atomic E-state index is -0.563. The van der Waals surface area contributed by atoms with E-state index in [0.717, 1.165) is 11.1 Å². The standard InChI is InChI=1S/C19H20FNO2/c20-17-8-4-5-15(13-17)14-21-18(22)19(9-11-23-12-10-19)16-6-2-1-3-7-16/h1-8,13H,9-12,14H2,(H,21,22). The zero-order chi connectivity index (χ0) is 16.1. The van der Waals surface area contributed by atoms with Crippen molar-refractivity contribution in [2.24, 2.45) is 0 Å². The van der Waals surface area contributed by atoms with Crippen LogP contribution in [-0.2, 0) is 21.5 Å². The molecule has 0 aliphatic carbocycles. The Morgan fingerprint density at radius 1 is 1.09 bits per heavy atom. The van der Waals surface area contributed by atoms with E-state index in [1.165, 1.54) is 12.1 Å². The Morgan fingerprint density at radius 2 is 1.83 bits per heavy atom. The summed E-state index contributed by atoms with van der Waals surface area (Å²) in [5, 5.41) is 2.97. The van der Waals surface area contributed by atoms with Crippen molar-refractivity contribution < 1.29 is 13.9 Å². The minimum Gasteiger partial charge on any atom is -0.381 e. The van der Waals surface area contributed by atoms with Gasteiger partial charge in [0.2, 0.25) is 5.91 Å². The van der Waals surface area contributed by atoms with Gasteiger partial charge in [-0.15, -0.1) is 0 Å². The lowest BCUT2D eigenvalue weighted by Gasteiger charge is -2.36. The molecule has 1 aliphatic rings. The maximum absolute atomic E-state index is 13.3. The van der Waals surface area contributed by atoms with Gasteiger partial charge in [-0.2, -0.15) is 0 Å². The molecule has 2 aromatic carbocycles. The summed E-state index contributed by atoms with van der Waals surface area (Å²) in [6.45, 7) is 1.47. The third kappa shape index (κ3) is 3.42. The van der Waals surface area contributed by atoms with Gasteiger partial charge in [0, 0.05) is 19.8 Å². The molecular weight excluding hydrogens is 293 g/mol. The highest BCUT2D eigenvalue weighted by atomic mass is 19.1. The van der Waals surface area contributed by atoms with Crippen LogP contribution in [-0.4, -0.2) is 19.1 Å². The summed E-state index contributed by atoms with van der Waals surface area (Å²) < 4.78 is 18.7. The fourth-order valence-electron chi connectivity index (χ4n) is 3.12. The van der Waals surface area contributed by atoms with Gasteiger partial charge < -0.3 is 10.1 Å². The average Bonchev–Trinajstić information content (AvgIpc) is 2.61. The van der Waals surface area contributed by atoms with E-state index in [1.807, 2.05) is 36.4 Å². The lowest BCUT2D eigenvalue weighted by Crippen LogP contribution is -2.47. The molecule has 0 aromatic heterocycles. The van der Waals surface area contributed by atoms with Crippen LogP contribution in [0, 0.1) is 5.82 Å². The molecule has 1 fully saturated rings. The first kappa shape index (κ1) is 15.7. The molecule has 1 amide bonds. The van der Waals surface area contributed by atoms with Crippen molar-refractivity contribution in [2.45, 2.75) is 24.8 Å². The maximum Gasteiger partial charge on any atom is 0.231 e. The molecule has 0 unspecified atom stereocenters. The third-order valence-corrected chi connectivity index (χ3v) is 4.45. The van der Waals surface area contributed by atoms with E-state index in [1.54, 1.807) is 6.07 Å². The maximum atomic E-state index is 13.3. The van der Waals surface area contributed by atoms with Gasteiger partial charge in [-0.3, -0.25) is 4.79 Å². The molecule has 3 rings (SSSR count). The number of ether oxygens (including phenoxy) is 1. The normalized spacial score (nSPS) is 16.7. The fraction of sp³-hybridized carbons (Fsp3) is 0.316.